The maximum absolute atomic E-state index is 15.5. The topological polar surface area (TPSA) is 130 Å². The molecule has 6 rings (SSSR count). The van der Waals surface area contributed by atoms with Crippen LogP contribution in [0, 0.1) is 17.1 Å². The first-order valence-corrected chi connectivity index (χ1v) is 14.8. The molecule has 10 nitrogen and oxygen atoms in total. The first-order chi connectivity index (χ1) is 22.6. The van der Waals surface area contributed by atoms with E-state index < -0.39 is 29.8 Å². The number of amides is 2. The summed E-state index contributed by atoms with van der Waals surface area (Å²) in [7, 11) is 0. The van der Waals surface area contributed by atoms with Crippen LogP contribution in [-0.2, 0) is 16.1 Å². The summed E-state index contributed by atoms with van der Waals surface area (Å²) in [6.45, 7) is 0.778. The Bertz CT molecular complexity index is 2080. The van der Waals surface area contributed by atoms with Gasteiger partial charge in [-0.15, -0.1) is 0 Å². The number of anilines is 1. The maximum atomic E-state index is 15.5. The number of halogens is 3. The summed E-state index contributed by atoms with van der Waals surface area (Å²) in [5.41, 5.74) is 1.34. The van der Waals surface area contributed by atoms with E-state index in [-0.39, 0.29) is 48.1 Å². The van der Waals surface area contributed by atoms with Crippen LogP contribution in [0.15, 0.2) is 79.3 Å². The van der Waals surface area contributed by atoms with Crippen LogP contribution in [0.5, 0.6) is 11.5 Å². The molecule has 2 atom stereocenters. The van der Waals surface area contributed by atoms with Crippen LogP contribution in [0.3, 0.4) is 0 Å². The summed E-state index contributed by atoms with van der Waals surface area (Å²) >= 11 is 6.25. The minimum absolute atomic E-state index is 0.0139. The van der Waals surface area contributed by atoms with Gasteiger partial charge in [0.1, 0.15) is 30.6 Å². The van der Waals surface area contributed by atoms with Gasteiger partial charge in [-0.2, -0.15) is 5.26 Å². The molecular formula is C34H25ClF2N6O4. The predicted molar refractivity (Wildman–Crippen MR) is 169 cm³/mol. The number of benzene rings is 3. The Hall–Kier alpha value is -5.67. The zero-order chi connectivity index (χ0) is 33.2. The third kappa shape index (κ3) is 6.39. The number of ketones is 1. The van der Waals surface area contributed by atoms with E-state index in [1.54, 1.807) is 53.1 Å². The molecule has 1 N–H and O–H groups in total. The molecule has 2 amide bonds. The van der Waals surface area contributed by atoms with E-state index in [2.05, 4.69) is 15.3 Å². The average Bonchev–Trinajstić information content (AvgIpc) is 3.63. The van der Waals surface area contributed by atoms with Crippen LogP contribution < -0.4 is 10.1 Å². The van der Waals surface area contributed by atoms with E-state index in [4.69, 9.17) is 21.6 Å². The Labute approximate surface area is 272 Å². The lowest BCUT2D eigenvalue weighted by Crippen LogP contribution is -2.44. The van der Waals surface area contributed by atoms with Gasteiger partial charge >= 0.3 is 0 Å². The smallest absolute Gasteiger partial charge is 0.247 e. The van der Waals surface area contributed by atoms with Gasteiger partial charge < -0.3 is 19.5 Å². The molecule has 13 heteroatoms. The van der Waals surface area contributed by atoms with Gasteiger partial charge in [0.15, 0.2) is 17.3 Å². The van der Waals surface area contributed by atoms with Crippen molar-refractivity contribution >= 4 is 45.8 Å². The second kappa shape index (κ2) is 13.0. The van der Waals surface area contributed by atoms with E-state index in [1.165, 1.54) is 37.6 Å². The fourth-order valence-electron chi connectivity index (χ4n) is 5.59. The van der Waals surface area contributed by atoms with Gasteiger partial charge in [-0.25, -0.2) is 18.7 Å². The van der Waals surface area contributed by atoms with Gasteiger partial charge in [0.25, 0.3) is 0 Å². The molecule has 47 heavy (non-hydrogen) atoms. The molecule has 0 spiro atoms. The van der Waals surface area contributed by atoms with Crippen LogP contribution in [0.1, 0.15) is 29.5 Å². The number of nitrogens with one attached hydrogen (secondary N) is 1. The van der Waals surface area contributed by atoms with Crippen LogP contribution in [0.2, 0.25) is 5.02 Å². The van der Waals surface area contributed by atoms with Crippen LogP contribution in [-0.4, -0.2) is 55.8 Å². The number of fused-ring (bicyclic) bond motifs is 1. The summed E-state index contributed by atoms with van der Waals surface area (Å²) in [5.74, 6) is -1.64. The van der Waals surface area contributed by atoms with Crippen molar-refractivity contribution in [3.8, 4) is 28.7 Å². The fourth-order valence-corrected chi connectivity index (χ4v) is 5.83. The zero-order valence-electron chi connectivity index (χ0n) is 24.8. The van der Waals surface area contributed by atoms with Crippen LogP contribution in [0.25, 0.3) is 22.0 Å². The number of carbonyl (C=O) groups excluding carboxylic acids is 3. The Kier molecular flexibility index (Phi) is 8.65. The number of ether oxygens (including phenoxy) is 1. The van der Waals surface area contributed by atoms with Gasteiger partial charge in [0.2, 0.25) is 17.6 Å². The van der Waals surface area contributed by atoms with Crippen molar-refractivity contribution in [2.75, 3.05) is 11.9 Å². The number of nitriles is 1. The summed E-state index contributed by atoms with van der Waals surface area (Å²) < 4.78 is 37.6. The third-order valence-electron chi connectivity index (χ3n) is 7.79. The van der Waals surface area contributed by atoms with Crippen molar-refractivity contribution in [2.45, 2.75) is 32.1 Å². The van der Waals surface area contributed by atoms with Crippen molar-refractivity contribution in [3.63, 3.8) is 0 Å². The second-order valence-corrected chi connectivity index (χ2v) is 11.3. The number of alkyl halides is 1. The molecule has 1 saturated heterocycles. The molecule has 0 saturated carbocycles. The molecule has 3 heterocycles. The molecule has 236 valence electrons. The number of hydrogen-bond donors (Lipinski definition) is 1. The normalized spacial score (nSPS) is 15.8. The zero-order valence-corrected chi connectivity index (χ0v) is 25.5. The van der Waals surface area contributed by atoms with Crippen molar-refractivity contribution in [1.29, 1.82) is 5.26 Å². The molecule has 0 bridgehead atoms. The van der Waals surface area contributed by atoms with Gasteiger partial charge in [-0.05, 0) is 37.3 Å². The number of carbonyl (C=O) groups is 3. The van der Waals surface area contributed by atoms with E-state index in [9.17, 15) is 18.8 Å². The summed E-state index contributed by atoms with van der Waals surface area (Å²) in [6, 6.07) is 16.7. The lowest BCUT2D eigenvalue weighted by molar-refractivity contribution is -0.137. The quantitative estimate of drug-likeness (QED) is 0.193. The molecule has 2 aromatic heterocycles. The standard InChI is InChI=1S/C34H25ClF2N6O4/c1-19(44)26-17-42(29-10-9-21(12-25(26)29)47-22-14-39-31(13-38)40-15-22)18-32(45)43-16-20(36)11-30(43)34(46)41-28-8-4-6-24(33(28)37)23-5-2-3-7-27(23)35/h2-10,12,14-15,17,20,30H,11,16,18H2,1H3,(H,41,46). The summed E-state index contributed by atoms with van der Waals surface area (Å²) in [4.78, 5) is 48.4. The highest BCUT2D eigenvalue weighted by Gasteiger charge is 2.40. The monoisotopic (exact) mass is 654 g/mol. The van der Waals surface area contributed by atoms with Crippen LogP contribution in [0.4, 0.5) is 14.5 Å². The van der Waals surface area contributed by atoms with E-state index in [1.807, 2.05) is 6.07 Å². The van der Waals surface area contributed by atoms with Crippen molar-refractivity contribution in [3.05, 3.63) is 101 Å². The number of hydrogen-bond acceptors (Lipinski definition) is 7. The molecular weight excluding hydrogens is 630 g/mol. The Balaban J connectivity index is 1.22. The largest absolute Gasteiger partial charge is 0.454 e. The lowest BCUT2D eigenvalue weighted by atomic mass is 10.0. The Morgan fingerprint density at radius 3 is 2.53 bits per heavy atom. The molecule has 1 aliphatic heterocycles. The molecule has 5 aromatic rings. The highest BCUT2D eigenvalue weighted by Crippen LogP contribution is 2.34. The first-order valence-electron chi connectivity index (χ1n) is 14.4. The molecule has 1 fully saturated rings. The van der Waals surface area contributed by atoms with Gasteiger partial charge in [-0.1, -0.05) is 41.9 Å². The molecule has 1 aliphatic rings. The second-order valence-electron chi connectivity index (χ2n) is 10.9. The van der Waals surface area contributed by atoms with Gasteiger partial charge in [-0.3, -0.25) is 14.4 Å². The molecule has 3 aromatic carbocycles. The molecule has 0 aliphatic carbocycles. The Morgan fingerprint density at radius 2 is 1.81 bits per heavy atom. The first kappa shape index (κ1) is 31.3. The lowest BCUT2D eigenvalue weighted by Gasteiger charge is -2.24. The van der Waals surface area contributed by atoms with Crippen molar-refractivity contribution in [1.82, 2.24) is 19.4 Å². The summed E-state index contributed by atoms with van der Waals surface area (Å²) in [5, 5.41) is 12.3. The number of aromatic nitrogens is 3. The highest BCUT2D eigenvalue weighted by molar-refractivity contribution is 6.33. The number of Topliss-reactive ketones (excluding diaryl/α,β-unsaturated/α-hetero) is 1. The predicted octanol–water partition coefficient (Wildman–Crippen LogP) is 6.34. The Morgan fingerprint density at radius 1 is 1.06 bits per heavy atom. The van der Waals surface area contributed by atoms with Gasteiger partial charge in [0.05, 0.1) is 24.6 Å². The van der Waals surface area contributed by atoms with Crippen molar-refractivity contribution in [2.24, 2.45) is 0 Å². The van der Waals surface area contributed by atoms with E-state index in [0.29, 0.717) is 32.8 Å². The van der Waals surface area contributed by atoms with Crippen LogP contribution >= 0.6 is 11.6 Å². The number of nitrogens with zero attached hydrogens (tertiary/aromatic N) is 5. The summed E-state index contributed by atoms with van der Waals surface area (Å²) in [6.07, 6.45) is 2.49. The third-order valence-corrected chi connectivity index (χ3v) is 8.12. The minimum Gasteiger partial charge on any atom is -0.454 e. The average molecular weight is 655 g/mol. The number of rotatable bonds is 8. The van der Waals surface area contributed by atoms with E-state index >= 15 is 4.39 Å². The molecule has 0 radical (unpaired) electrons. The number of likely N-dealkylation sites (tertiary alicyclic amines) is 1. The maximum Gasteiger partial charge on any atom is 0.247 e. The van der Waals surface area contributed by atoms with E-state index in [0.717, 1.165) is 4.90 Å². The van der Waals surface area contributed by atoms with Gasteiger partial charge in [0, 0.05) is 45.2 Å². The fraction of sp³-hybridized carbons (Fsp3) is 0.176. The highest BCUT2D eigenvalue weighted by atomic mass is 35.5. The SMILES string of the molecule is CC(=O)c1cn(CC(=O)N2CC(F)CC2C(=O)Nc2cccc(-c3ccccc3Cl)c2F)c2ccc(Oc3cnc(C#N)nc3)cc12. The van der Waals surface area contributed by atoms with Crippen molar-refractivity contribution < 1.29 is 27.9 Å². The molecule has 2 unspecified atom stereocenters. The minimum atomic E-state index is -1.46.